The minimum absolute atomic E-state index is 0.597. The Labute approximate surface area is 323 Å². The molecule has 318 valence electrons. The molecule has 0 aliphatic carbocycles. The molecule has 1 aromatic heterocycles. The lowest BCUT2D eigenvalue weighted by Gasteiger charge is -2.47. The topological polar surface area (TPSA) is 312 Å². The molecule has 0 radical (unpaired) electrons. The lowest BCUT2D eigenvalue weighted by atomic mass is 9.91. The molecule has 3 saturated heterocycles. The van der Waals surface area contributed by atoms with Crippen molar-refractivity contribution in [2.24, 2.45) is 0 Å². The Hall–Kier alpha value is -3.12. The van der Waals surface area contributed by atoms with E-state index in [9.17, 15) is 60.0 Å². The van der Waals surface area contributed by atoms with Gasteiger partial charge in [0.1, 0.15) is 60.9 Å². The first-order valence-electron chi connectivity index (χ1n) is 19.2. The third-order valence-electron chi connectivity index (χ3n) is 10.3. The number of nitrogens with zero attached hydrogens (tertiary/aromatic N) is 1. The number of carbonyl (C=O) groups excluding carboxylic acids is 2. The van der Waals surface area contributed by atoms with Crippen molar-refractivity contribution in [3.8, 4) is 0 Å². The Morgan fingerprint density at radius 2 is 1.43 bits per heavy atom. The number of unbranched alkanes of at least 4 members (excludes halogenated alkanes) is 8. The molecule has 3 aliphatic heterocycles. The van der Waals surface area contributed by atoms with Crippen LogP contribution in [0, 0.1) is 0 Å². The van der Waals surface area contributed by atoms with Gasteiger partial charge in [-0.3, -0.25) is 23.9 Å². The van der Waals surface area contributed by atoms with Crippen molar-refractivity contribution >= 4 is 11.8 Å². The summed E-state index contributed by atoms with van der Waals surface area (Å²) in [6.45, 7) is 2.51. The summed E-state index contributed by atoms with van der Waals surface area (Å²) in [5, 5.41) is 91.2. The zero-order valence-electron chi connectivity index (χ0n) is 31.5. The minimum Gasteiger partial charge on any atom is -0.394 e. The zero-order valence-corrected chi connectivity index (χ0v) is 31.5. The van der Waals surface area contributed by atoms with Gasteiger partial charge < -0.3 is 70.4 Å². The summed E-state index contributed by atoms with van der Waals surface area (Å²) in [4.78, 5) is 51.0. The van der Waals surface area contributed by atoms with E-state index in [4.69, 9.17) is 18.9 Å². The molecule has 0 bridgehead atoms. The van der Waals surface area contributed by atoms with E-state index >= 15 is 0 Å². The number of aromatic amines is 1. The fraction of sp³-hybridized carbons (Fsp3) is 0.778. The first-order chi connectivity index (χ1) is 26.7. The number of aliphatic hydroxyl groups excluding tert-OH is 8. The van der Waals surface area contributed by atoms with Gasteiger partial charge in [0.2, 0.25) is 11.8 Å². The monoisotopic (exact) mass is 802 g/mol. The van der Waals surface area contributed by atoms with Gasteiger partial charge in [-0.2, -0.15) is 0 Å². The number of carbonyl (C=O) groups is 2. The van der Waals surface area contributed by atoms with Gasteiger partial charge in [0.25, 0.3) is 5.56 Å². The standard InChI is InChI=1S/C36H58N4O16/c1-3-4-5-6-7-8-9-10-11-12-13-22(44)38-25-29(49)26(46)20(53-35(25)56-34-24(37-18(2)42)28(48)27(47)21(17-41)54-34)16-19(43)32-30(50)31(51)33(55-32)40-15-14-23(45)39-36(40)52/h12-15,19-21,24-35,41,43,46-51H,3-11,16-17H2,1-2H3,(H,37,42)(H,38,44)(H,39,45,52). The Kier molecular flexibility index (Phi) is 17.6. The number of aliphatic hydroxyl groups is 8. The molecule has 3 aliphatic rings. The molecule has 0 spiro atoms. The largest absolute Gasteiger partial charge is 0.394 e. The fourth-order valence-electron chi connectivity index (χ4n) is 7.15. The van der Waals surface area contributed by atoms with Crippen LogP contribution in [0.1, 0.15) is 84.3 Å². The highest BCUT2D eigenvalue weighted by Gasteiger charge is 2.53. The van der Waals surface area contributed by atoms with Crippen LogP contribution in [0.3, 0.4) is 0 Å². The molecule has 56 heavy (non-hydrogen) atoms. The number of H-pyrrole nitrogens is 1. The Morgan fingerprint density at radius 1 is 0.839 bits per heavy atom. The molecule has 4 heterocycles. The van der Waals surface area contributed by atoms with Crippen molar-refractivity contribution in [1.29, 1.82) is 0 Å². The van der Waals surface area contributed by atoms with E-state index in [-0.39, 0.29) is 0 Å². The van der Waals surface area contributed by atoms with Crippen LogP contribution >= 0.6 is 0 Å². The van der Waals surface area contributed by atoms with Crippen molar-refractivity contribution < 1.29 is 69.4 Å². The van der Waals surface area contributed by atoms with E-state index in [0.29, 0.717) is 6.42 Å². The van der Waals surface area contributed by atoms with E-state index in [1.165, 1.54) is 31.8 Å². The number of rotatable bonds is 19. The van der Waals surface area contributed by atoms with E-state index in [0.717, 1.165) is 49.4 Å². The van der Waals surface area contributed by atoms with Crippen LogP contribution in [-0.2, 0) is 28.5 Å². The number of hydrogen-bond donors (Lipinski definition) is 11. The number of amides is 2. The normalized spacial score (nSPS) is 35.4. The highest BCUT2D eigenvalue weighted by Crippen LogP contribution is 2.34. The molecule has 15 atom stereocenters. The quantitative estimate of drug-likeness (QED) is 0.0487. The second-order valence-electron chi connectivity index (χ2n) is 14.6. The van der Waals surface area contributed by atoms with Gasteiger partial charge in [-0.1, -0.05) is 57.9 Å². The highest BCUT2D eigenvalue weighted by atomic mass is 16.8. The minimum atomic E-state index is -1.85. The van der Waals surface area contributed by atoms with Crippen LogP contribution in [0.4, 0.5) is 0 Å². The first-order valence-corrected chi connectivity index (χ1v) is 19.2. The number of allylic oxidation sites excluding steroid dienone is 1. The van der Waals surface area contributed by atoms with Gasteiger partial charge in [0.15, 0.2) is 18.8 Å². The molecule has 20 heteroatoms. The molecule has 1 aromatic rings. The van der Waals surface area contributed by atoms with E-state index in [1.54, 1.807) is 6.08 Å². The maximum absolute atomic E-state index is 13.1. The first kappa shape index (κ1) is 45.6. The van der Waals surface area contributed by atoms with E-state index in [1.807, 2.05) is 4.98 Å². The Bertz CT molecular complexity index is 1540. The number of hydrogen-bond acceptors (Lipinski definition) is 16. The van der Waals surface area contributed by atoms with Crippen LogP contribution in [0.5, 0.6) is 0 Å². The van der Waals surface area contributed by atoms with Crippen LogP contribution in [0.2, 0.25) is 0 Å². The van der Waals surface area contributed by atoms with Crippen molar-refractivity contribution in [2.45, 2.75) is 170 Å². The summed E-state index contributed by atoms with van der Waals surface area (Å²) < 4.78 is 24.1. The van der Waals surface area contributed by atoms with Crippen molar-refractivity contribution in [2.75, 3.05) is 6.61 Å². The summed E-state index contributed by atoms with van der Waals surface area (Å²) in [7, 11) is 0. The summed E-state index contributed by atoms with van der Waals surface area (Å²) in [5.41, 5.74) is -1.68. The lowest BCUT2D eigenvalue weighted by molar-refractivity contribution is -0.346. The van der Waals surface area contributed by atoms with Crippen LogP contribution in [0.25, 0.3) is 0 Å². The van der Waals surface area contributed by atoms with Crippen molar-refractivity contribution in [3.63, 3.8) is 0 Å². The van der Waals surface area contributed by atoms with Gasteiger partial charge in [-0.15, -0.1) is 0 Å². The molecule has 0 saturated carbocycles. The number of ether oxygens (including phenoxy) is 4. The molecular formula is C36H58N4O16. The maximum atomic E-state index is 13.1. The molecule has 3 fully saturated rings. The van der Waals surface area contributed by atoms with Gasteiger partial charge in [-0.25, -0.2) is 4.79 Å². The molecule has 0 aromatic carbocycles. The summed E-state index contributed by atoms with van der Waals surface area (Å²) in [5.74, 6) is -1.35. The average molecular weight is 803 g/mol. The smallest absolute Gasteiger partial charge is 0.330 e. The lowest BCUT2D eigenvalue weighted by Crippen LogP contribution is -2.68. The van der Waals surface area contributed by atoms with Crippen molar-refractivity contribution in [1.82, 2.24) is 20.2 Å². The SMILES string of the molecule is CCCCCCCCCCC=CC(=O)NC1C(OC2OC(CO)C(O)C(O)C2NC(C)=O)OC(CC(O)C2OC(n3ccc(=O)[nH]c3=O)C(O)C2O)C(O)C1O. The van der Waals surface area contributed by atoms with E-state index in [2.05, 4.69) is 17.6 Å². The highest BCUT2D eigenvalue weighted by molar-refractivity contribution is 5.87. The molecule has 2 amide bonds. The van der Waals surface area contributed by atoms with Crippen LogP contribution in [0.15, 0.2) is 34.0 Å². The van der Waals surface area contributed by atoms with E-state index < -0.39 is 128 Å². The molecule has 20 nitrogen and oxygen atoms in total. The summed E-state index contributed by atoms with van der Waals surface area (Å²) in [6.07, 6.45) is -9.02. The molecule has 15 unspecified atom stereocenters. The predicted octanol–water partition coefficient (Wildman–Crippen LogP) is -3.11. The predicted molar refractivity (Wildman–Crippen MR) is 193 cm³/mol. The third kappa shape index (κ3) is 11.7. The van der Waals surface area contributed by atoms with Gasteiger partial charge in [-0.05, 0) is 18.9 Å². The maximum Gasteiger partial charge on any atom is 0.330 e. The average Bonchev–Trinajstić information content (AvgIpc) is 3.45. The fourth-order valence-corrected chi connectivity index (χ4v) is 7.15. The molecule has 4 rings (SSSR count). The second-order valence-corrected chi connectivity index (χ2v) is 14.6. The van der Waals surface area contributed by atoms with Crippen LogP contribution in [-0.4, -0.2) is 155 Å². The summed E-state index contributed by atoms with van der Waals surface area (Å²) in [6, 6.07) is -2.01. The molecule has 11 N–H and O–H groups in total. The van der Waals surface area contributed by atoms with Crippen LogP contribution < -0.4 is 21.9 Å². The Morgan fingerprint density at radius 3 is 2.04 bits per heavy atom. The Balaban J connectivity index is 1.49. The summed E-state index contributed by atoms with van der Waals surface area (Å²) >= 11 is 0. The zero-order chi connectivity index (χ0) is 41.1. The number of aromatic nitrogens is 2. The second kappa shape index (κ2) is 21.6. The van der Waals surface area contributed by atoms with Gasteiger partial charge in [0, 0.05) is 25.6 Å². The third-order valence-corrected chi connectivity index (χ3v) is 10.3. The van der Waals surface area contributed by atoms with Crippen molar-refractivity contribution in [3.05, 3.63) is 45.3 Å². The van der Waals surface area contributed by atoms with Gasteiger partial charge in [0.05, 0.1) is 18.8 Å². The molecular weight excluding hydrogens is 744 g/mol. The number of nitrogens with one attached hydrogen (secondary N) is 3. The van der Waals surface area contributed by atoms with Gasteiger partial charge >= 0.3 is 5.69 Å².